The number of nitrogens with zero attached hydrogens (tertiary/aromatic N) is 4. The van der Waals surface area contributed by atoms with E-state index in [9.17, 15) is 4.79 Å². The first-order chi connectivity index (χ1) is 8.13. The predicted octanol–water partition coefficient (Wildman–Crippen LogP) is 0.873. The zero-order valence-corrected chi connectivity index (χ0v) is 9.92. The number of benzene rings is 1. The van der Waals surface area contributed by atoms with Gasteiger partial charge in [-0.25, -0.2) is 0 Å². The minimum Gasteiger partial charge on any atom is -0.299 e. The summed E-state index contributed by atoms with van der Waals surface area (Å²) in [6.45, 7) is 2.02. The van der Waals surface area contributed by atoms with Crippen molar-refractivity contribution in [2.45, 2.75) is 19.8 Å². The molecular formula is C12H14N4O. The summed E-state index contributed by atoms with van der Waals surface area (Å²) in [6.07, 6.45) is 0.653. The smallest absolute Gasteiger partial charge is 0.182 e. The zero-order valence-electron chi connectivity index (χ0n) is 9.92. The maximum absolute atomic E-state index is 11.8. The van der Waals surface area contributed by atoms with E-state index in [-0.39, 0.29) is 12.2 Å². The molecule has 0 saturated carbocycles. The summed E-state index contributed by atoms with van der Waals surface area (Å²) in [5, 5.41) is 11.5. The van der Waals surface area contributed by atoms with Crippen LogP contribution in [0.25, 0.3) is 0 Å². The Balaban J connectivity index is 1.95. The van der Waals surface area contributed by atoms with Gasteiger partial charge in [-0.05, 0) is 17.7 Å². The third-order valence-corrected chi connectivity index (χ3v) is 2.43. The fraction of sp³-hybridized carbons (Fsp3) is 0.333. The average molecular weight is 230 g/mol. The molecule has 0 N–H and O–H groups in total. The molecule has 0 atom stereocenters. The highest BCUT2D eigenvalue weighted by Gasteiger charge is 2.09. The molecule has 1 aromatic heterocycles. The molecule has 0 unspecified atom stereocenters. The molecule has 2 rings (SSSR count). The van der Waals surface area contributed by atoms with Gasteiger partial charge in [0.2, 0.25) is 0 Å². The molecule has 5 nitrogen and oxygen atoms in total. The monoisotopic (exact) mass is 230 g/mol. The summed E-state index contributed by atoms with van der Waals surface area (Å²) in [6, 6.07) is 7.95. The Bertz CT molecular complexity index is 516. The van der Waals surface area contributed by atoms with Crippen LogP contribution in [0.5, 0.6) is 0 Å². The molecule has 0 saturated heterocycles. The van der Waals surface area contributed by atoms with Crippen LogP contribution in [-0.2, 0) is 24.7 Å². The number of hydrogen-bond donors (Lipinski definition) is 0. The molecule has 88 valence electrons. The minimum absolute atomic E-state index is 0.0989. The molecule has 0 bridgehead atoms. The molecule has 5 heteroatoms. The average Bonchev–Trinajstić information content (AvgIpc) is 2.67. The lowest BCUT2D eigenvalue weighted by atomic mass is 10.1. The lowest BCUT2D eigenvalue weighted by Gasteiger charge is -1.99. The molecule has 17 heavy (non-hydrogen) atoms. The summed E-state index contributed by atoms with van der Waals surface area (Å²) >= 11 is 0. The van der Waals surface area contributed by atoms with Gasteiger partial charge in [0, 0.05) is 6.42 Å². The summed E-state index contributed by atoms with van der Waals surface area (Å²) in [7, 11) is 1.68. The van der Waals surface area contributed by atoms with Crippen molar-refractivity contribution in [2.24, 2.45) is 7.05 Å². The topological polar surface area (TPSA) is 60.7 Å². The highest BCUT2D eigenvalue weighted by molar-refractivity contribution is 5.82. The van der Waals surface area contributed by atoms with Gasteiger partial charge in [0.15, 0.2) is 5.82 Å². The van der Waals surface area contributed by atoms with Crippen LogP contribution in [0.1, 0.15) is 17.0 Å². The third-order valence-electron chi connectivity index (χ3n) is 2.43. The molecule has 0 spiro atoms. The van der Waals surface area contributed by atoms with Crippen molar-refractivity contribution in [1.29, 1.82) is 0 Å². The van der Waals surface area contributed by atoms with Crippen LogP contribution < -0.4 is 0 Å². The number of rotatable bonds is 4. The van der Waals surface area contributed by atoms with Gasteiger partial charge in [-0.3, -0.25) is 4.79 Å². The van der Waals surface area contributed by atoms with Gasteiger partial charge < -0.3 is 0 Å². The number of aryl methyl sites for hydroxylation is 2. The number of Topliss-reactive ketones (excluding diaryl/α,β-unsaturated/α-hetero) is 1. The Morgan fingerprint density at radius 3 is 2.53 bits per heavy atom. The first-order valence-electron chi connectivity index (χ1n) is 5.43. The van der Waals surface area contributed by atoms with Crippen molar-refractivity contribution in [2.75, 3.05) is 0 Å². The number of tetrazole rings is 1. The van der Waals surface area contributed by atoms with E-state index in [0.29, 0.717) is 12.2 Å². The largest absolute Gasteiger partial charge is 0.299 e. The summed E-state index contributed by atoms with van der Waals surface area (Å²) < 4.78 is 0. The van der Waals surface area contributed by atoms with Gasteiger partial charge in [0.05, 0.1) is 13.5 Å². The van der Waals surface area contributed by atoms with E-state index in [0.717, 1.165) is 5.56 Å². The Labute approximate surface area is 99.5 Å². The number of carbonyl (C=O) groups is 1. The Hall–Kier alpha value is -2.04. The Morgan fingerprint density at radius 1 is 1.24 bits per heavy atom. The second kappa shape index (κ2) is 4.86. The van der Waals surface area contributed by atoms with Crippen molar-refractivity contribution in [1.82, 2.24) is 20.2 Å². The molecule has 0 aliphatic carbocycles. The maximum Gasteiger partial charge on any atom is 0.182 e. The van der Waals surface area contributed by atoms with Crippen molar-refractivity contribution in [3.05, 3.63) is 41.2 Å². The van der Waals surface area contributed by atoms with E-state index in [1.165, 1.54) is 10.4 Å². The van der Waals surface area contributed by atoms with Crippen LogP contribution in [0.4, 0.5) is 0 Å². The zero-order chi connectivity index (χ0) is 12.3. The highest BCUT2D eigenvalue weighted by Crippen LogP contribution is 2.05. The van der Waals surface area contributed by atoms with Crippen LogP contribution in [0.2, 0.25) is 0 Å². The highest BCUT2D eigenvalue weighted by atomic mass is 16.1. The van der Waals surface area contributed by atoms with Crippen LogP contribution in [0.15, 0.2) is 24.3 Å². The molecule has 0 fully saturated rings. The molecule has 1 heterocycles. The number of aromatic nitrogens is 4. The second-order valence-corrected chi connectivity index (χ2v) is 4.07. The van der Waals surface area contributed by atoms with Crippen molar-refractivity contribution in [3.8, 4) is 0 Å². The van der Waals surface area contributed by atoms with E-state index in [4.69, 9.17) is 0 Å². The Kier molecular flexibility index (Phi) is 3.27. The molecule has 0 aliphatic rings. The number of carbonyl (C=O) groups excluding carboxylic acids is 1. The van der Waals surface area contributed by atoms with Crippen molar-refractivity contribution >= 4 is 5.78 Å². The summed E-state index contributed by atoms with van der Waals surface area (Å²) in [5.74, 6) is 0.575. The molecule has 2 aromatic rings. The molecule has 0 amide bonds. The first-order valence-corrected chi connectivity index (χ1v) is 5.43. The van der Waals surface area contributed by atoms with E-state index < -0.39 is 0 Å². The van der Waals surface area contributed by atoms with E-state index >= 15 is 0 Å². The summed E-state index contributed by atoms with van der Waals surface area (Å²) in [4.78, 5) is 13.1. The lowest BCUT2D eigenvalue weighted by molar-refractivity contribution is -0.117. The first kappa shape index (κ1) is 11.4. The van der Waals surface area contributed by atoms with Crippen LogP contribution in [0.3, 0.4) is 0 Å². The fourth-order valence-electron chi connectivity index (χ4n) is 1.57. The SMILES string of the molecule is Cc1ccc(CC(=O)Cc2nnn(C)n2)cc1. The number of hydrogen-bond acceptors (Lipinski definition) is 4. The second-order valence-electron chi connectivity index (χ2n) is 4.07. The van der Waals surface area contributed by atoms with Gasteiger partial charge in [-0.15, -0.1) is 10.2 Å². The van der Waals surface area contributed by atoms with Gasteiger partial charge in [0.1, 0.15) is 5.78 Å². The molecule has 0 radical (unpaired) electrons. The van der Waals surface area contributed by atoms with E-state index in [1.807, 2.05) is 31.2 Å². The van der Waals surface area contributed by atoms with Gasteiger partial charge in [-0.2, -0.15) is 4.80 Å². The fourth-order valence-corrected chi connectivity index (χ4v) is 1.57. The Morgan fingerprint density at radius 2 is 1.94 bits per heavy atom. The standard InChI is InChI=1S/C12H14N4O/c1-9-3-5-10(6-4-9)7-11(17)8-12-13-15-16(2)14-12/h3-6H,7-8H2,1-2H3. The van der Waals surface area contributed by atoms with E-state index in [1.54, 1.807) is 7.05 Å². The summed E-state index contributed by atoms with van der Waals surface area (Å²) in [5.41, 5.74) is 2.21. The molecule has 0 aliphatic heterocycles. The third kappa shape index (κ3) is 3.21. The van der Waals surface area contributed by atoms with Crippen molar-refractivity contribution < 1.29 is 4.79 Å². The van der Waals surface area contributed by atoms with Crippen molar-refractivity contribution in [3.63, 3.8) is 0 Å². The van der Waals surface area contributed by atoms with Crippen LogP contribution in [0, 0.1) is 6.92 Å². The minimum atomic E-state index is 0.0989. The maximum atomic E-state index is 11.8. The number of ketones is 1. The van der Waals surface area contributed by atoms with Crippen LogP contribution in [-0.4, -0.2) is 26.0 Å². The van der Waals surface area contributed by atoms with Gasteiger partial charge >= 0.3 is 0 Å². The predicted molar refractivity (Wildman–Crippen MR) is 62.4 cm³/mol. The van der Waals surface area contributed by atoms with Crippen LogP contribution >= 0.6 is 0 Å². The van der Waals surface area contributed by atoms with E-state index in [2.05, 4.69) is 15.4 Å². The molecular weight excluding hydrogens is 216 g/mol. The van der Waals surface area contributed by atoms with Gasteiger partial charge in [0.25, 0.3) is 0 Å². The van der Waals surface area contributed by atoms with Gasteiger partial charge in [-0.1, -0.05) is 29.8 Å². The lowest BCUT2D eigenvalue weighted by Crippen LogP contribution is -2.08. The quantitative estimate of drug-likeness (QED) is 0.782. The molecule has 1 aromatic carbocycles. The normalized spacial score (nSPS) is 10.5.